The largest absolute Gasteiger partial charge is 0.444 e. The minimum absolute atomic E-state index is 0.00160. The Kier molecular flexibility index (Phi) is 5.34. The molecule has 1 aromatic rings. The maximum Gasteiger partial charge on any atom is 0.410 e. The summed E-state index contributed by atoms with van der Waals surface area (Å²) >= 11 is 0. The normalized spacial score (nSPS) is 20.5. The van der Waals surface area contributed by atoms with Gasteiger partial charge in [0.2, 0.25) is 0 Å². The number of hydrogen-bond donors (Lipinski definition) is 0. The molecule has 1 amide bonds. The highest BCUT2D eigenvalue weighted by atomic mass is 16.6. The molecule has 0 radical (unpaired) electrons. The molecule has 2 rings (SSSR count). The topological polar surface area (TPSA) is 64.5 Å². The zero-order valence-corrected chi connectivity index (χ0v) is 13.8. The Hall–Kier alpha value is -1.69. The lowest BCUT2D eigenvalue weighted by molar-refractivity contribution is -0.0498. The van der Waals surface area contributed by atoms with E-state index < -0.39 is 5.60 Å². The minimum atomic E-state index is -0.474. The average Bonchev–Trinajstić information content (AvgIpc) is 2.46. The van der Waals surface area contributed by atoms with E-state index in [9.17, 15) is 4.79 Å². The van der Waals surface area contributed by atoms with Crippen molar-refractivity contribution in [3.8, 4) is 0 Å². The molecule has 6 nitrogen and oxygen atoms in total. The number of hydrogen-bond acceptors (Lipinski definition) is 5. The van der Waals surface area contributed by atoms with Crippen LogP contribution in [0.15, 0.2) is 18.6 Å². The maximum atomic E-state index is 12.1. The van der Waals surface area contributed by atoms with Crippen LogP contribution in [-0.4, -0.2) is 45.8 Å². The lowest BCUT2D eigenvalue weighted by Gasteiger charge is -2.35. The second kappa shape index (κ2) is 7.05. The van der Waals surface area contributed by atoms with Crippen molar-refractivity contribution in [1.29, 1.82) is 0 Å². The van der Waals surface area contributed by atoms with E-state index in [1.54, 1.807) is 23.5 Å². The number of nitrogens with zero attached hydrogens (tertiary/aromatic N) is 3. The fourth-order valence-electron chi connectivity index (χ4n) is 2.42. The molecular formula is C16H25N3O3. The van der Waals surface area contributed by atoms with E-state index in [4.69, 9.17) is 9.47 Å². The van der Waals surface area contributed by atoms with Gasteiger partial charge >= 0.3 is 6.09 Å². The smallest absolute Gasteiger partial charge is 0.410 e. The highest BCUT2D eigenvalue weighted by Crippen LogP contribution is 2.22. The van der Waals surface area contributed by atoms with E-state index in [0.29, 0.717) is 13.1 Å². The Morgan fingerprint density at radius 1 is 1.41 bits per heavy atom. The molecule has 0 spiro atoms. The van der Waals surface area contributed by atoms with Crippen molar-refractivity contribution in [2.75, 3.05) is 13.1 Å². The predicted molar refractivity (Wildman–Crippen MR) is 82.4 cm³/mol. The quantitative estimate of drug-likeness (QED) is 0.859. The summed E-state index contributed by atoms with van der Waals surface area (Å²) in [5.74, 6) is 0. The molecule has 2 atom stereocenters. The number of carbonyl (C=O) groups excluding carboxylic acids is 1. The van der Waals surface area contributed by atoms with Crippen LogP contribution in [0.2, 0.25) is 0 Å². The van der Waals surface area contributed by atoms with Crippen molar-refractivity contribution >= 4 is 6.09 Å². The molecule has 0 aliphatic carbocycles. The maximum absolute atomic E-state index is 12.1. The van der Waals surface area contributed by atoms with Crippen molar-refractivity contribution in [2.45, 2.75) is 58.3 Å². The molecule has 6 heteroatoms. The van der Waals surface area contributed by atoms with Crippen LogP contribution in [-0.2, 0) is 9.47 Å². The van der Waals surface area contributed by atoms with Crippen LogP contribution in [0.1, 0.15) is 52.3 Å². The molecule has 0 bridgehead atoms. The van der Waals surface area contributed by atoms with E-state index in [0.717, 1.165) is 18.5 Å². The second-order valence-electron chi connectivity index (χ2n) is 6.60. The van der Waals surface area contributed by atoms with Gasteiger partial charge in [0.15, 0.2) is 0 Å². The van der Waals surface area contributed by atoms with Crippen LogP contribution >= 0.6 is 0 Å². The molecule has 0 saturated carbocycles. The van der Waals surface area contributed by atoms with Gasteiger partial charge in [-0.1, -0.05) is 0 Å². The molecule has 1 aromatic heterocycles. The summed E-state index contributed by atoms with van der Waals surface area (Å²) in [5, 5.41) is 0. The standard InChI is InChI=1S/C16H25N3O3/c1-12(14-10-17-7-8-18-14)21-13-6-5-9-19(11-13)15(20)22-16(2,3)4/h7-8,10,12-13H,5-6,9,11H2,1-4H3/t12-,13-/m1/s1. The Morgan fingerprint density at radius 2 is 2.18 bits per heavy atom. The Bertz CT molecular complexity index is 487. The molecule has 1 aliphatic heterocycles. The molecule has 1 fully saturated rings. The number of ether oxygens (including phenoxy) is 2. The van der Waals surface area contributed by atoms with Crippen LogP contribution in [0, 0.1) is 0 Å². The molecule has 1 aliphatic rings. The summed E-state index contributed by atoms with van der Waals surface area (Å²) in [6, 6.07) is 0. The van der Waals surface area contributed by atoms with Gasteiger partial charge < -0.3 is 14.4 Å². The van der Waals surface area contributed by atoms with E-state index in [-0.39, 0.29) is 18.3 Å². The van der Waals surface area contributed by atoms with Gasteiger partial charge in [-0.15, -0.1) is 0 Å². The zero-order chi connectivity index (χ0) is 16.2. The van der Waals surface area contributed by atoms with Crippen molar-refractivity contribution in [3.05, 3.63) is 24.3 Å². The van der Waals surface area contributed by atoms with Crippen LogP contribution in [0.5, 0.6) is 0 Å². The first kappa shape index (κ1) is 16.7. The van der Waals surface area contributed by atoms with Crippen molar-refractivity contribution < 1.29 is 14.3 Å². The number of piperidine rings is 1. The van der Waals surface area contributed by atoms with Crippen molar-refractivity contribution in [1.82, 2.24) is 14.9 Å². The van der Waals surface area contributed by atoms with Crippen molar-refractivity contribution in [3.63, 3.8) is 0 Å². The molecule has 0 unspecified atom stereocenters. The van der Waals surface area contributed by atoms with Gasteiger partial charge in [0.1, 0.15) is 5.60 Å². The van der Waals surface area contributed by atoms with E-state index in [1.807, 2.05) is 27.7 Å². The van der Waals surface area contributed by atoms with Gasteiger partial charge in [-0.3, -0.25) is 9.97 Å². The summed E-state index contributed by atoms with van der Waals surface area (Å²) in [6.07, 6.45) is 6.44. The first-order valence-corrected chi connectivity index (χ1v) is 7.74. The minimum Gasteiger partial charge on any atom is -0.444 e. The number of amides is 1. The van der Waals surface area contributed by atoms with Crippen LogP contribution in [0.3, 0.4) is 0 Å². The number of likely N-dealkylation sites (tertiary alicyclic amines) is 1. The van der Waals surface area contributed by atoms with Crippen LogP contribution in [0.25, 0.3) is 0 Å². The van der Waals surface area contributed by atoms with Gasteiger partial charge in [-0.2, -0.15) is 0 Å². The number of aromatic nitrogens is 2. The van der Waals surface area contributed by atoms with Gasteiger partial charge in [-0.25, -0.2) is 4.79 Å². The van der Waals surface area contributed by atoms with E-state index >= 15 is 0 Å². The highest BCUT2D eigenvalue weighted by molar-refractivity contribution is 5.68. The highest BCUT2D eigenvalue weighted by Gasteiger charge is 2.29. The second-order valence-corrected chi connectivity index (χ2v) is 6.60. The SMILES string of the molecule is C[C@@H](O[C@@H]1CCCN(C(=O)OC(C)(C)C)C1)c1cnccn1. The molecule has 0 N–H and O–H groups in total. The van der Waals surface area contributed by atoms with Gasteiger partial charge in [0, 0.05) is 18.9 Å². The lowest BCUT2D eigenvalue weighted by Crippen LogP contribution is -2.45. The summed E-state index contributed by atoms with van der Waals surface area (Å²) in [7, 11) is 0. The monoisotopic (exact) mass is 307 g/mol. The molecule has 2 heterocycles. The Labute approximate surface area is 131 Å². The third-order valence-electron chi connectivity index (χ3n) is 3.43. The van der Waals surface area contributed by atoms with E-state index in [2.05, 4.69) is 9.97 Å². The lowest BCUT2D eigenvalue weighted by atomic mass is 10.1. The van der Waals surface area contributed by atoms with E-state index in [1.165, 1.54) is 0 Å². The van der Waals surface area contributed by atoms with Crippen LogP contribution < -0.4 is 0 Å². The van der Waals surface area contributed by atoms with Gasteiger partial charge in [0.05, 0.1) is 30.6 Å². The third kappa shape index (κ3) is 4.94. The average molecular weight is 307 g/mol. The molecule has 1 saturated heterocycles. The van der Waals surface area contributed by atoms with Crippen LogP contribution in [0.4, 0.5) is 4.79 Å². The molecular weight excluding hydrogens is 282 g/mol. The Morgan fingerprint density at radius 3 is 2.82 bits per heavy atom. The fourth-order valence-corrected chi connectivity index (χ4v) is 2.42. The predicted octanol–water partition coefficient (Wildman–Crippen LogP) is 2.95. The number of carbonyl (C=O) groups is 1. The van der Waals surface area contributed by atoms with Gasteiger partial charge in [-0.05, 0) is 40.5 Å². The Balaban J connectivity index is 1.89. The number of rotatable bonds is 3. The summed E-state index contributed by atoms with van der Waals surface area (Å²) in [5.41, 5.74) is 0.328. The third-order valence-corrected chi connectivity index (χ3v) is 3.43. The van der Waals surface area contributed by atoms with Crippen molar-refractivity contribution in [2.24, 2.45) is 0 Å². The summed E-state index contributed by atoms with van der Waals surface area (Å²) in [6.45, 7) is 8.85. The summed E-state index contributed by atoms with van der Waals surface area (Å²) < 4.78 is 11.5. The first-order chi connectivity index (χ1) is 10.3. The molecule has 0 aromatic carbocycles. The fraction of sp³-hybridized carbons (Fsp3) is 0.688. The first-order valence-electron chi connectivity index (χ1n) is 7.74. The van der Waals surface area contributed by atoms with Gasteiger partial charge in [0.25, 0.3) is 0 Å². The molecule has 122 valence electrons. The molecule has 22 heavy (non-hydrogen) atoms. The summed E-state index contributed by atoms with van der Waals surface area (Å²) in [4.78, 5) is 22.2. The zero-order valence-electron chi connectivity index (χ0n) is 13.8.